The van der Waals surface area contributed by atoms with E-state index in [0.29, 0.717) is 24.4 Å². The summed E-state index contributed by atoms with van der Waals surface area (Å²) in [7, 11) is 0. The molecule has 2 amide bonds. The SMILES string of the molecule is Cc1ccc(OCC(=O)NCCNC(=O)c2cccnc2)cc1C. The van der Waals surface area contributed by atoms with Crippen LogP contribution in [-0.4, -0.2) is 36.5 Å². The highest BCUT2D eigenvalue weighted by Gasteiger charge is 2.06. The molecule has 0 unspecified atom stereocenters. The molecular formula is C18H21N3O3. The van der Waals surface area contributed by atoms with Crippen LogP contribution >= 0.6 is 0 Å². The molecule has 2 rings (SSSR count). The van der Waals surface area contributed by atoms with Gasteiger partial charge in [0.05, 0.1) is 5.56 Å². The van der Waals surface area contributed by atoms with Crippen molar-refractivity contribution in [3.63, 3.8) is 0 Å². The molecule has 2 N–H and O–H groups in total. The second-order valence-corrected chi connectivity index (χ2v) is 5.38. The molecule has 0 atom stereocenters. The summed E-state index contributed by atoms with van der Waals surface area (Å²) in [5, 5.41) is 5.40. The number of nitrogens with zero attached hydrogens (tertiary/aromatic N) is 1. The topological polar surface area (TPSA) is 80.3 Å². The van der Waals surface area contributed by atoms with Crippen LogP contribution in [0.3, 0.4) is 0 Å². The molecule has 0 aliphatic rings. The Morgan fingerprint density at radius 2 is 1.88 bits per heavy atom. The second kappa shape index (κ2) is 8.67. The number of hydrogen-bond donors (Lipinski definition) is 2. The highest BCUT2D eigenvalue weighted by molar-refractivity contribution is 5.93. The Labute approximate surface area is 141 Å². The normalized spacial score (nSPS) is 10.1. The van der Waals surface area contributed by atoms with Crippen molar-refractivity contribution in [2.45, 2.75) is 13.8 Å². The van der Waals surface area contributed by atoms with Gasteiger partial charge in [-0.3, -0.25) is 14.6 Å². The quantitative estimate of drug-likeness (QED) is 0.757. The third-order valence-corrected chi connectivity index (χ3v) is 3.50. The summed E-state index contributed by atoms with van der Waals surface area (Å²) in [6, 6.07) is 9.07. The van der Waals surface area contributed by atoms with Crippen LogP contribution in [0.4, 0.5) is 0 Å². The minimum atomic E-state index is -0.233. The first-order valence-electron chi connectivity index (χ1n) is 7.71. The summed E-state index contributed by atoms with van der Waals surface area (Å²) in [6.07, 6.45) is 3.10. The highest BCUT2D eigenvalue weighted by Crippen LogP contribution is 2.16. The van der Waals surface area contributed by atoms with Crippen LogP contribution in [0.5, 0.6) is 5.75 Å². The van der Waals surface area contributed by atoms with E-state index in [1.807, 2.05) is 32.0 Å². The van der Waals surface area contributed by atoms with Gasteiger partial charge >= 0.3 is 0 Å². The Morgan fingerprint density at radius 3 is 2.58 bits per heavy atom. The number of amides is 2. The molecule has 0 spiro atoms. The Hall–Kier alpha value is -2.89. The number of aryl methyl sites for hydroxylation is 2. The molecule has 1 aromatic carbocycles. The summed E-state index contributed by atoms with van der Waals surface area (Å²) in [4.78, 5) is 27.4. The number of carbonyl (C=O) groups excluding carboxylic acids is 2. The molecule has 1 aromatic heterocycles. The molecule has 6 heteroatoms. The number of nitrogens with one attached hydrogen (secondary N) is 2. The molecule has 24 heavy (non-hydrogen) atoms. The third-order valence-electron chi connectivity index (χ3n) is 3.50. The molecule has 0 saturated heterocycles. The molecule has 6 nitrogen and oxygen atoms in total. The van der Waals surface area contributed by atoms with Gasteiger partial charge in [-0.2, -0.15) is 0 Å². The molecule has 0 aliphatic carbocycles. The fraction of sp³-hybridized carbons (Fsp3) is 0.278. The summed E-state index contributed by atoms with van der Waals surface area (Å²) in [6.45, 7) is 4.63. The second-order valence-electron chi connectivity index (χ2n) is 5.38. The van der Waals surface area contributed by atoms with Crippen molar-refractivity contribution in [3.8, 4) is 5.75 Å². The van der Waals surface area contributed by atoms with Crippen molar-refractivity contribution in [2.24, 2.45) is 0 Å². The predicted octanol–water partition coefficient (Wildman–Crippen LogP) is 1.62. The van der Waals surface area contributed by atoms with E-state index >= 15 is 0 Å². The highest BCUT2D eigenvalue weighted by atomic mass is 16.5. The fourth-order valence-corrected chi connectivity index (χ4v) is 1.98. The minimum absolute atomic E-state index is 0.0565. The van der Waals surface area contributed by atoms with Gasteiger partial charge in [0.2, 0.25) is 0 Å². The maximum Gasteiger partial charge on any atom is 0.258 e. The zero-order chi connectivity index (χ0) is 17.4. The predicted molar refractivity (Wildman–Crippen MR) is 91.0 cm³/mol. The fourth-order valence-electron chi connectivity index (χ4n) is 1.98. The van der Waals surface area contributed by atoms with Crippen molar-refractivity contribution in [2.75, 3.05) is 19.7 Å². The third kappa shape index (κ3) is 5.39. The van der Waals surface area contributed by atoms with Gasteiger partial charge < -0.3 is 15.4 Å². The maximum absolute atomic E-state index is 11.8. The molecule has 0 saturated carbocycles. The van der Waals surface area contributed by atoms with Crippen LogP contribution in [0, 0.1) is 13.8 Å². The van der Waals surface area contributed by atoms with Gasteiger partial charge in [-0.05, 0) is 49.2 Å². The molecule has 2 aromatic rings. The summed E-state index contributed by atoms with van der Waals surface area (Å²) in [5.74, 6) is 0.214. The Balaban J connectivity index is 1.64. The van der Waals surface area contributed by atoms with E-state index in [-0.39, 0.29) is 18.4 Å². The first-order valence-corrected chi connectivity index (χ1v) is 7.71. The molecule has 0 radical (unpaired) electrons. The van der Waals surface area contributed by atoms with Crippen LogP contribution in [0.25, 0.3) is 0 Å². The monoisotopic (exact) mass is 327 g/mol. The Kier molecular flexibility index (Phi) is 6.31. The van der Waals surface area contributed by atoms with E-state index in [1.165, 1.54) is 11.8 Å². The van der Waals surface area contributed by atoms with Gasteiger partial charge in [0.15, 0.2) is 6.61 Å². The van der Waals surface area contributed by atoms with E-state index in [2.05, 4.69) is 15.6 Å². The summed E-state index contributed by atoms with van der Waals surface area (Å²) < 4.78 is 5.44. The van der Waals surface area contributed by atoms with Crippen molar-refractivity contribution in [1.82, 2.24) is 15.6 Å². The van der Waals surface area contributed by atoms with Gasteiger partial charge in [-0.1, -0.05) is 6.07 Å². The lowest BCUT2D eigenvalue weighted by molar-refractivity contribution is -0.123. The molecular weight excluding hydrogens is 306 g/mol. The van der Waals surface area contributed by atoms with E-state index in [0.717, 1.165) is 5.56 Å². The van der Waals surface area contributed by atoms with E-state index in [1.54, 1.807) is 18.3 Å². The van der Waals surface area contributed by atoms with Gasteiger partial charge in [-0.25, -0.2) is 0 Å². The van der Waals surface area contributed by atoms with Crippen LogP contribution in [0.2, 0.25) is 0 Å². The number of hydrogen-bond acceptors (Lipinski definition) is 4. The van der Waals surface area contributed by atoms with Crippen molar-refractivity contribution >= 4 is 11.8 Å². The van der Waals surface area contributed by atoms with Gasteiger partial charge in [-0.15, -0.1) is 0 Å². The first kappa shape index (κ1) is 17.5. The van der Waals surface area contributed by atoms with Crippen LogP contribution < -0.4 is 15.4 Å². The Morgan fingerprint density at radius 1 is 1.08 bits per heavy atom. The standard InChI is InChI=1S/C18H21N3O3/c1-13-5-6-16(10-14(13)2)24-12-17(22)20-8-9-21-18(23)15-4-3-7-19-11-15/h3-7,10-11H,8-9,12H2,1-2H3,(H,20,22)(H,21,23). The largest absolute Gasteiger partial charge is 0.484 e. The summed E-state index contributed by atoms with van der Waals surface area (Å²) >= 11 is 0. The number of rotatable bonds is 7. The van der Waals surface area contributed by atoms with E-state index in [9.17, 15) is 9.59 Å². The number of carbonyl (C=O) groups is 2. The van der Waals surface area contributed by atoms with Crippen LogP contribution in [-0.2, 0) is 4.79 Å². The van der Waals surface area contributed by atoms with Gasteiger partial charge in [0, 0.05) is 25.5 Å². The van der Waals surface area contributed by atoms with Crippen molar-refractivity contribution in [1.29, 1.82) is 0 Å². The van der Waals surface area contributed by atoms with E-state index < -0.39 is 0 Å². The zero-order valence-corrected chi connectivity index (χ0v) is 13.8. The number of pyridine rings is 1. The maximum atomic E-state index is 11.8. The van der Waals surface area contributed by atoms with Crippen LogP contribution in [0.15, 0.2) is 42.7 Å². The lowest BCUT2D eigenvalue weighted by Gasteiger charge is -2.09. The molecule has 126 valence electrons. The molecule has 0 aliphatic heterocycles. The number of aromatic nitrogens is 1. The zero-order valence-electron chi connectivity index (χ0n) is 13.8. The smallest absolute Gasteiger partial charge is 0.258 e. The van der Waals surface area contributed by atoms with Crippen molar-refractivity contribution in [3.05, 3.63) is 59.4 Å². The van der Waals surface area contributed by atoms with E-state index in [4.69, 9.17) is 4.74 Å². The number of ether oxygens (including phenoxy) is 1. The van der Waals surface area contributed by atoms with Crippen LogP contribution in [0.1, 0.15) is 21.5 Å². The van der Waals surface area contributed by atoms with Crippen molar-refractivity contribution < 1.29 is 14.3 Å². The van der Waals surface area contributed by atoms with Gasteiger partial charge in [0.1, 0.15) is 5.75 Å². The minimum Gasteiger partial charge on any atom is -0.484 e. The average Bonchev–Trinajstić information content (AvgIpc) is 2.60. The molecule has 1 heterocycles. The first-order chi connectivity index (χ1) is 11.6. The molecule has 0 fully saturated rings. The molecule has 0 bridgehead atoms. The number of benzene rings is 1. The Bertz CT molecular complexity index is 702. The summed E-state index contributed by atoms with van der Waals surface area (Å²) in [5.41, 5.74) is 2.78. The lowest BCUT2D eigenvalue weighted by Crippen LogP contribution is -2.36. The average molecular weight is 327 g/mol. The van der Waals surface area contributed by atoms with Gasteiger partial charge in [0.25, 0.3) is 11.8 Å². The lowest BCUT2D eigenvalue weighted by atomic mass is 10.1.